The van der Waals surface area contributed by atoms with Gasteiger partial charge in [-0.15, -0.1) is 0 Å². The minimum absolute atomic E-state index is 0.133. The highest BCUT2D eigenvalue weighted by Crippen LogP contribution is 2.36. The minimum Gasteiger partial charge on any atom is -0.426 e. The minimum atomic E-state index is -0.459. The molecular formula is C20H26O2. The van der Waals surface area contributed by atoms with Crippen LogP contribution < -0.4 is 4.74 Å². The van der Waals surface area contributed by atoms with E-state index in [0.29, 0.717) is 11.7 Å². The molecule has 22 heavy (non-hydrogen) atoms. The zero-order valence-electron chi connectivity index (χ0n) is 14.2. The van der Waals surface area contributed by atoms with Crippen molar-refractivity contribution in [3.63, 3.8) is 0 Å². The third-order valence-electron chi connectivity index (χ3n) is 4.50. The fourth-order valence-electron chi connectivity index (χ4n) is 2.86. The Morgan fingerprint density at radius 3 is 2.27 bits per heavy atom. The van der Waals surface area contributed by atoms with Gasteiger partial charge in [0.25, 0.3) is 0 Å². The lowest BCUT2D eigenvalue weighted by atomic mass is 9.73. The second-order valence-electron chi connectivity index (χ2n) is 7.07. The second kappa shape index (κ2) is 6.51. The number of hydrogen-bond donors (Lipinski definition) is 0. The van der Waals surface area contributed by atoms with E-state index in [1.165, 1.54) is 0 Å². The van der Waals surface area contributed by atoms with E-state index in [1.54, 1.807) is 0 Å². The summed E-state index contributed by atoms with van der Waals surface area (Å²) in [4.78, 5) is 12.7. The van der Waals surface area contributed by atoms with Gasteiger partial charge >= 0.3 is 5.97 Å². The van der Waals surface area contributed by atoms with Crippen molar-refractivity contribution >= 4 is 16.7 Å². The second-order valence-corrected chi connectivity index (χ2v) is 7.07. The number of hydrogen-bond acceptors (Lipinski definition) is 2. The molecule has 0 spiro atoms. The van der Waals surface area contributed by atoms with Gasteiger partial charge in [0.1, 0.15) is 5.75 Å². The molecule has 0 amide bonds. The zero-order valence-corrected chi connectivity index (χ0v) is 14.2. The van der Waals surface area contributed by atoms with Crippen LogP contribution in [-0.2, 0) is 4.79 Å². The predicted octanol–water partition coefficient (Wildman–Crippen LogP) is 5.45. The molecule has 2 heteroatoms. The van der Waals surface area contributed by atoms with E-state index in [1.807, 2.05) is 43.3 Å². The van der Waals surface area contributed by atoms with Crippen molar-refractivity contribution in [3.8, 4) is 5.75 Å². The summed E-state index contributed by atoms with van der Waals surface area (Å²) in [5.74, 6) is 1.19. The molecule has 1 atom stereocenters. The zero-order chi connectivity index (χ0) is 16.3. The summed E-state index contributed by atoms with van der Waals surface area (Å²) in [6, 6.07) is 13.9. The summed E-state index contributed by atoms with van der Waals surface area (Å²) >= 11 is 0. The molecule has 0 radical (unpaired) electrons. The van der Waals surface area contributed by atoms with Crippen LogP contribution in [0.3, 0.4) is 0 Å². The van der Waals surface area contributed by atoms with Gasteiger partial charge in [-0.05, 0) is 48.1 Å². The van der Waals surface area contributed by atoms with Crippen LogP contribution in [-0.4, -0.2) is 5.97 Å². The molecule has 0 N–H and O–H groups in total. The first-order chi connectivity index (χ1) is 10.3. The monoisotopic (exact) mass is 298 g/mol. The summed E-state index contributed by atoms with van der Waals surface area (Å²) in [7, 11) is 0. The molecule has 0 aliphatic carbocycles. The normalized spacial score (nSPS) is 14.3. The van der Waals surface area contributed by atoms with Gasteiger partial charge in [-0.2, -0.15) is 0 Å². The van der Waals surface area contributed by atoms with Crippen molar-refractivity contribution < 1.29 is 9.53 Å². The van der Waals surface area contributed by atoms with Crippen molar-refractivity contribution in [2.45, 2.75) is 41.0 Å². The maximum Gasteiger partial charge on any atom is 0.317 e. The maximum absolute atomic E-state index is 12.7. The molecule has 2 aromatic carbocycles. The topological polar surface area (TPSA) is 26.3 Å². The van der Waals surface area contributed by atoms with Crippen LogP contribution in [0, 0.1) is 17.3 Å². The molecule has 2 rings (SSSR count). The SMILES string of the molecule is CC(C)CC(C)(C(=O)Oc1ccc2ccccc2c1)C(C)C. The van der Waals surface area contributed by atoms with E-state index in [0.717, 1.165) is 17.2 Å². The Morgan fingerprint density at radius 2 is 1.68 bits per heavy atom. The van der Waals surface area contributed by atoms with E-state index in [2.05, 4.69) is 33.8 Å². The Kier molecular flexibility index (Phi) is 4.90. The van der Waals surface area contributed by atoms with Gasteiger partial charge in [-0.1, -0.05) is 58.0 Å². The van der Waals surface area contributed by atoms with Gasteiger partial charge in [0.15, 0.2) is 0 Å². The molecule has 0 fully saturated rings. The number of esters is 1. The van der Waals surface area contributed by atoms with Crippen molar-refractivity contribution in [1.82, 2.24) is 0 Å². The van der Waals surface area contributed by atoms with Crippen molar-refractivity contribution in [1.29, 1.82) is 0 Å². The van der Waals surface area contributed by atoms with Gasteiger partial charge in [-0.25, -0.2) is 0 Å². The van der Waals surface area contributed by atoms with Crippen LogP contribution >= 0.6 is 0 Å². The lowest BCUT2D eigenvalue weighted by molar-refractivity contribution is -0.148. The molecule has 0 aliphatic heterocycles. The van der Waals surface area contributed by atoms with E-state index >= 15 is 0 Å². The van der Waals surface area contributed by atoms with Gasteiger partial charge < -0.3 is 4.74 Å². The number of carbonyl (C=O) groups excluding carboxylic acids is 1. The van der Waals surface area contributed by atoms with Crippen LogP contribution in [0.4, 0.5) is 0 Å². The molecule has 0 aliphatic rings. The van der Waals surface area contributed by atoms with Gasteiger partial charge in [-0.3, -0.25) is 4.79 Å². The highest BCUT2D eigenvalue weighted by Gasteiger charge is 2.39. The Hall–Kier alpha value is -1.83. The Balaban J connectivity index is 2.24. The lowest BCUT2D eigenvalue weighted by Crippen LogP contribution is -2.38. The lowest BCUT2D eigenvalue weighted by Gasteiger charge is -2.32. The van der Waals surface area contributed by atoms with Crippen molar-refractivity contribution in [3.05, 3.63) is 42.5 Å². The van der Waals surface area contributed by atoms with Crippen LogP contribution in [0.5, 0.6) is 5.75 Å². The Bertz CT molecular complexity index is 658. The van der Waals surface area contributed by atoms with Crippen molar-refractivity contribution in [2.24, 2.45) is 17.3 Å². The smallest absolute Gasteiger partial charge is 0.317 e. The number of benzene rings is 2. The number of rotatable bonds is 5. The highest BCUT2D eigenvalue weighted by molar-refractivity contribution is 5.85. The molecule has 0 aromatic heterocycles. The molecule has 0 heterocycles. The number of carbonyl (C=O) groups is 1. The van der Waals surface area contributed by atoms with Crippen LogP contribution in [0.2, 0.25) is 0 Å². The molecule has 0 saturated heterocycles. The van der Waals surface area contributed by atoms with E-state index in [4.69, 9.17) is 4.74 Å². The molecule has 0 saturated carbocycles. The first-order valence-corrected chi connectivity index (χ1v) is 8.04. The summed E-state index contributed by atoms with van der Waals surface area (Å²) in [5, 5.41) is 2.24. The van der Waals surface area contributed by atoms with Crippen LogP contribution in [0.25, 0.3) is 10.8 Å². The average Bonchev–Trinajstić information content (AvgIpc) is 2.46. The quantitative estimate of drug-likeness (QED) is 0.541. The fourth-order valence-corrected chi connectivity index (χ4v) is 2.86. The first-order valence-electron chi connectivity index (χ1n) is 8.04. The number of ether oxygens (including phenoxy) is 1. The Labute approximate surface area is 133 Å². The molecular weight excluding hydrogens is 272 g/mol. The molecule has 2 nitrogen and oxygen atoms in total. The van der Waals surface area contributed by atoms with Crippen LogP contribution in [0.15, 0.2) is 42.5 Å². The van der Waals surface area contributed by atoms with E-state index in [9.17, 15) is 4.79 Å². The summed E-state index contributed by atoms with van der Waals surface area (Å²) in [6.45, 7) is 10.5. The number of fused-ring (bicyclic) bond motifs is 1. The summed E-state index contributed by atoms with van der Waals surface area (Å²) in [6.07, 6.45) is 0.830. The Morgan fingerprint density at radius 1 is 1.05 bits per heavy atom. The third-order valence-corrected chi connectivity index (χ3v) is 4.50. The maximum atomic E-state index is 12.7. The molecule has 118 valence electrons. The highest BCUT2D eigenvalue weighted by atomic mass is 16.5. The molecule has 2 aromatic rings. The van der Waals surface area contributed by atoms with Gasteiger partial charge in [0.05, 0.1) is 5.41 Å². The third kappa shape index (κ3) is 3.49. The average molecular weight is 298 g/mol. The fraction of sp³-hybridized carbons (Fsp3) is 0.450. The van der Waals surface area contributed by atoms with Gasteiger partial charge in [0.2, 0.25) is 0 Å². The standard InChI is InChI=1S/C20H26O2/c1-14(2)13-20(5,15(3)4)19(21)22-18-11-10-16-8-6-7-9-17(16)12-18/h6-12,14-15H,13H2,1-5H3. The summed E-state index contributed by atoms with van der Waals surface area (Å²) < 4.78 is 5.71. The van der Waals surface area contributed by atoms with Gasteiger partial charge in [0, 0.05) is 0 Å². The van der Waals surface area contributed by atoms with Crippen molar-refractivity contribution in [2.75, 3.05) is 0 Å². The first kappa shape index (κ1) is 16.5. The molecule has 1 unspecified atom stereocenters. The summed E-state index contributed by atoms with van der Waals surface area (Å²) in [5.41, 5.74) is -0.459. The van der Waals surface area contributed by atoms with E-state index in [-0.39, 0.29) is 11.9 Å². The molecule has 0 bridgehead atoms. The van der Waals surface area contributed by atoms with E-state index < -0.39 is 5.41 Å². The van der Waals surface area contributed by atoms with Crippen LogP contribution in [0.1, 0.15) is 41.0 Å². The largest absolute Gasteiger partial charge is 0.426 e. The predicted molar refractivity (Wildman–Crippen MR) is 92.0 cm³/mol.